The molecular weight excluding hydrogens is 369 g/mol. The number of methoxy groups -OCH3 is 2. The number of para-hydroxylation sites is 1. The van der Waals surface area contributed by atoms with Gasteiger partial charge in [-0.1, -0.05) is 40.1 Å². The van der Waals surface area contributed by atoms with Gasteiger partial charge in [0.2, 0.25) is 0 Å². The van der Waals surface area contributed by atoms with Gasteiger partial charge in [-0.25, -0.2) is 0 Å². The topological polar surface area (TPSA) is 41.9 Å². The molecule has 3 rings (SSSR count). The van der Waals surface area contributed by atoms with Crippen molar-refractivity contribution in [1.29, 1.82) is 0 Å². The van der Waals surface area contributed by atoms with Crippen LogP contribution in [0.4, 0.5) is 5.69 Å². The predicted octanol–water partition coefficient (Wildman–Crippen LogP) is 5.24. The van der Waals surface area contributed by atoms with Gasteiger partial charge < -0.3 is 19.5 Å². The maximum Gasteiger partial charge on any atom is 0.164 e. The summed E-state index contributed by atoms with van der Waals surface area (Å²) in [6.45, 7) is 4.47. The number of rotatable bonds is 8. The summed E-state index contributed by atoms with van der Waals surface area (Å²) in [7, 11) is 3.82. The number of aromatic hydroxyl groups is 1. The molecule has 1 aliphatic rings. The summed E-state index contributed by atoms with van der Waals surface area (Å²) in [4.78, 5) is 2.53. The van der Waals surface area contributed by atoms with Crippen LogP contribution in [-0.2, 0) is 0 Å². The Hall–Kier alpha value is -1.93. The minimum atomic E-state index is 0.236. The van der Waals surface area contributed by atoms with Gasteiger partial charge in [-0.15, -0.1) is 0 Å². The van der Waals surface area contributed by atoms with Crippen LogP contribution in [0, 0.1) is 0 Å². The first-order valence-electron chi connectivity index (χ1n) is 10.2. The SMILES string of the molecule is CCCC(Pc1ccccc1N1CCCCC1)c1cc(OC)cc(OC)c1O. The number of hydrogen-bond donors (Lipinski definition) is 1. The first-order chi connectivity index (χ1) is 13.7. The van der Waals surface area contributed by atoms with E-state index in [1.807, 2.05) is 6.07 Å². The van der Waals surface area contributed by atoms with E-state index in [1.54, 1.807) is 20.3 Å². The fourth-order valence-electron chi connectivity index (χ4n) is 3.93. The molecule has 0 amide bonds. The second kappa shape index (κ2) is 10.0. The summed E-state index contributed by atoms with van der Waals surface area (Å²) in [6.07, 6.45) is 5.93. The van der Waals surface area contributed by atoms with E-state index < -0.39 is 0 Å². The predicted molar refractivity (Wildman–Crippen MR) is 119 cm³/mol. The summed E-state index contributed by atoms with van der Waals surface area (Å²) in [6, 6.07) is 12.5. The molecule has 5 heteroatoms. The fourth-order valence-corrected chi connectivity index (χ4v) is 5.70. The second-order valence-electron chi connectivity index (χ2n) is 7.32. The van der Waals surface area contributed by atoms with E-state index in [4.69, 9.17) is 9.47 Å². The van der Waals surface area contributed by atoms with Crippen molar-refractivity contribution in [1.82, 2.24) is 0 Å². The molecule has 1 fully saturated rings. The third-order valence-electron chi connectivity index (χ3n) is 5.42. The average molecular weight is 401 g/mol. The van der Waals surface area contributed by atoms with Gasteiger partial charge in [0.1, 0.15) is 5.75 Å². The van der Waals surface area contributed by atoms with Gasteiger partial charge >= 0.3 is 0 Å². The molecular formula is C23H32NO3P. The lowest BCUT2D eigenvalue weighted by molar-refractivity contribution is 0.360. The van der Waals surface area contributed by atoms with Gasteiger partial charge in [0.15, 0.2) is 11.5 Å². The molecule has 0 saturated carbocycles. The zero-order chi connectivity index (χ0) is 19.9. The van der Waals surface area contributed by atoms with Crippen molar-refractivity contribution in [2.75, 3.05) is 32.2 Å². The van der Waals surface area contributed by atoms with Gasteiger partial charge in [-0.3, -0.25) is 0 Å². The monoisotopic (exact) mass is 401 g/mol. The molecule has 2 aromatic carbocycles. The molecule has 0 spiro atoms. The van der Waals surface area contributed by atoms with Crippen LogP contribution in [0.1, 0.15) is 50.3 Å². The minimum absolute atomic E-state index is 0.236. The molecule has 152 valence electrons. The Morgan fingerprint density at radius 3 is 2.50 bits per heavy atom. The molecule has 1 N–H and O–H groups in total. The second-order valence-corrected chi connectivity index (χ2v) is 8.84. The highest BCUT2D eigenvalue weighted by molar-refractivity contribution is 7.48. The number of phenols is 1. The van der Waals surface area contributed by atoms with Crippen LogP contribution in [0.25, 0.3) is 0 Å². The zero-order valence-corrected chi connectivity index (χ0v) is 18.2. The standard InChI is InChI=1S/C23H32NO3P/c1-4-10-21(18-15-17(26-2)16-20(27-3)23(18)25)28-22-12-7-6-11-19(22)24-13-8-5-9-14-24/h6-7,11-12,15-16,21,25,28H,4-5,8-10,13-14H2,1-3H3. The maximum atomic E-state index is 10.8. The highest BCUT2D eigenvalue weighted by atomic mass is 31.1. The van der Waals surface area contributed by atoms with Crippen molar-refractivity contribution in [3.63, 3.8) is 0 Å². The van der Waals surface area contributed by atoms with Crippen LogP contribution in [0.5, 0.6) is 17.2 Å². The lowest BCUT2D eigenvalue weighted by Gasteiger charge is -2.31. The number of nitrogens with zero attached hydrogens (tertiary/aromatic N) is 1. The zero-order valence-electron chi connectivity index (χ0n) is 17.2. The first-order valence-corrected chi connectivity index (χ1v) is 11.3. The Morgan fingerprint density at radius 1 is 1.07 bits per heavy atom. The van der Waals surface area contributed by atoms with E-state index in [0.717, 1.165) is 37.2 Å². The van der Waals surface area contributed by atoms with Gasteiger partial charge in [-0.2, -0.15) is 0 Å². The fraction of sp³-hybridized carbons (Fsp3) is 0.478. The maximum absolute atomic E-state index is 10.8. The molecule has 0 aromatic heterocycles. The molecule has 2 aromatic rings. The molecule has 1 aliphatic heterocycles. The van der Waals surface area contributed by atoms with E-state index in [0.29, 0.717) is 14.3 Å². The van der Waals surface area contributed by atoms with Gasteiger partial charge in [-0.05, 0) is 43.1 Å². The van der Waals surface area contributed by atoms with E-state index >= 15 is 0 Å². The lowest BCUT2D eigenvalue weighted by atomic mass is 10.1. The van der Waals surface area contributed by atoms with Crippen molar-refractivity contribution in [3.8, 4) is 17.2 Å². The Morgan fingerprint density at radius 2 is 1.82 bits per heavy atom. The molecule has 2 unspecified atom stereocenters. The van der Waals surface area contributed by atoms with Crippen LogP contribution in [-0.4, -0.2) is 32.4 Å². The van der Waals surface area contributed by atoms with E-state index in [1.165, 1.54) is 30.3 Å². The molecule has 1 saturated heterocycles. The number of anilines is 1. The summed E-state index contributed by atoms with van der Waals surface area (Å²) >= 11 is 0. The molecule has 2 atom stereocenters. The molecule has 1 heterocycles. The summed E-state index contributed by atoms with van der Waals surface area (Å²) in [5, 5.41) is 12.2. The van der Waals surface area contributed by atoms with Gasteiger partial charge in [0, 0.05) is 36.1 Å². The molecule has 4 nitrogen and oxygen atoms in total. The lowest BCUT2D eigenvalue weighted by Crippen LogP contribution is -2.32. The highest BCUT2D eigenvalue weighted by Gasteiger charge is 2.22. The van der Waals surface area contributed by atoms with E-state index in [2.05, 4.69) is 36.1 Å². The molecule has 0 radical (unpaired) electrons. The van der Waals surface area contributed by atoms with Gasteiger partial charge in [0.25, 0.3) is 0 Å². The highest BCUT2D eigenvalue weighted by Crippen LogP contribution is 2.47. The summed E-state index contributed by atoms with van der Waals surface area (Å²) in [5.74, 6) is 1.44. The average Bonchev–Trinajstić information content (AvgIpc) is 2.74. The molecule has 0 aliphatic carbocycles. The van der Waals surface area contributed by atoms with Crippen molar-refractivity contribution < 1.29 is 14.6 Å². The third kappa shape index (κ3) is 4.72. The smallest absolute Gasteiger partial charge is 0.164 e. The van der Waals surface area contributed by atoms with Crippen LogP contribution < -0.4 is 19.7 Å². The largest absolute Gasteiger partial charge is 0.504 e. The number of ether oxygens (including phenoxy) is 2. The number of phenolic OH excluding ortho intramolecular Hbond substituents is 1. The Kier molecular flexibility index (Phi) is 7.44. The van der Waals surface area contributed by atoms with E-state index in [-0.39, 0.29) is 11.4 Å². The number of piperidine rings is 1. The number of benzene rings is 2. The third-order valence-corrected chi connectivity index (χ3v) is 7.10. The first kappa shape index (κ1) is 20.8. The van der Waals surface area contributed by atoms with Crippen molar-refractivity contribution in [2.24, 2.45) is 0 Å². The van der Waals surface area contributed by atoms with Crippen LogP contribution >= 0.6 is 8.58 Å². The van der Waals surface area contributed by atoms with Crippen LogP contribution in [0.2, 0.25) is 0 Å². The quantitative estimate of drug-likeness (QED) is 0.614. The summed E-state index contributed by atoms with van der Waals surface area (Å²) in [5.41, 5.74) is 2.51. The van der Waals surface area contributed by atoms with Gasteiger partial charge in [0.05, 0.1) is 14.2 Å². The van der Waals surface area contributed by atoms with Crippen molar-refractivity contribution >= 4 is 19.6 Å². The van der Waals surface area contributed by atoms with Crippen molar-refractivity contribution in [3.05, 3.63) is 42.0 Å². The van der Waals surface area contributed by atoms with Crippen molar-refractivity contribution in [2.45, 2.75) is 44.7 Å². The number of hydrogen-bond acceptors (Lipinski definition) is 4. The van der Waals surface area contributed by atoms with E-state index in [9.17, 15) is 5.11 Å². The molecule has 0 bridgehead atoms. The van der Waals surface area contributed by atoms with Crippen LogP contribution in [0.15, 0.2) is 36.4 Å². The normalized spacial score (nSPS) is 15.8. The summed E-state index contributed by atoms with van der Waals surface area (Å²) < 4.78 is 10.8. The Labute approximate surface area is 170 Å². The Balaban J connectivity index is 1.95. The van der Waals surface area contributed by atoms with Crippen LogP contribution in [0.3, 0.4) is 0 Å². The molecule has 28 heavy (non-hydrogen) atoms. The Bertz CT molecular complexity index is 774. The minimum Gasteiger partial charge on any atom is -0.504 e.